The standard InChI is InChI=1S/C15H32N2O/c1-4-5-7-10-15(2,13-16)17(3)12-14-9-6-8-11-18-14/h14H,4-13,16H2,1-3H3. The number of unbranched alkanes of at least 4 members (excludes halogenated alkanes) is 2. The van der Waals surface area contributed by atoms with Crippen molar-refractivity contribution in [3.8, 4) is 0 Å². The third kappa shape index (κ3) is 4.87. The topological polar surface area (TPSA) is 38.5 Å². The van der Waals surface area contributed by atoms with Gasteiger partial charge in [0, 0.05) is 25.2 Å². The van der Waals surface area contributed by atoms with E-state index in [0.717, 1.165) is 19.7 Å². The molecular weight excluding hydrogens is 224 g/mol. The highest BCUT2D eigenvalue weighted by molar-refractivity contribution is 4.87. The van der Waals surface area contributed by atoms with Crippen LogP contribution in [0, 0.1) is 0 Å². The summed E-state index contributed by atoms with van der Waals surface area (Å²) in [6, 6.07) is 0. The van der Waals surface area contributed by atoms with Gasteiger partial charge in [0.15, 0.2) is 0 Å². The van der Waals surface area contributed by atoms with E-state index in [0.29, 0.717) is 6.10 Å². The predicted molar refractivity (Wildman–Crippen MR) is 77.8 cm³/mol. The molecule has 1 aliphatic heterocycles. The summed E-state index contributed by atoms with van der Waals surface area (Å²) in [5.41, 5.74) is 6.15. The van der Waals surface area contributed by atoms with Gasteiger partial charge in [-0.05, 0) is 39.7 Å². The van der Waals surface area contributed by atoms with Gasteiger partial charge in [-0.1, -0.05) is 26.2 Å². The van der Waals surface area contributed by atoms with Crippen LogP contribution in [0.4, 0.5) is 0 Å². The lowest BCUT2D eigenvalue weighted by Gasteiger charge is -2.40. The Morgan fingerprint density at radius 3 is 2.67 bits per heavy atom. The van der Waals surface area contributed by atoms with Gasteiger partial charge in [0.25, 0.3) is 0 Å². The third-order valence-corrected chi connectivity index (χ3v) is 4.43. The lowest BCUT2D eigenvalue weighted by atomic mass is 9.92. The van der Waals surface area contributed by atoms with Crippen molar-refractivity contribution in [1.29, 1.82) is 0 Å². The molecule has 0 saturated carbocycles. The highest BCUT2D eigenvalue weighted by Crippen LogP contribution is 2.23. The average Bonchev–Trinajstić information content (AvgIpc) is 2.40. The fourth-order valence-corrected chi connectivity index (χ4v) is 2.68. The molecule has 0 aromatic carbocycles. The summed E-state index contributed by atoms with van der Waals surface area (Å²) in [4.78, 5) is 2.43. The molecule has 2 N–H and O–H groups in total. The molecule has 0 aromatic rings. The first-order valence-corrected chi connectivity index (χ1v) is 7.65. The van der Waals surface area contributed by atoms with E-state index in [1.54, 1.807) is 0 Å². The highest BCUT2D eigenvalue weighted by atomic mass is 16.5. The van der Waals surface area contributed by atoms with Crippen LogP contribution in [-0.4, -0.2) is 43.3 Å². The average molecular weight is 256 g/mol. The molecule has 108 valence electrons. The Morgan fingerprint density at radius 2 is 2.11 bits per heavy atom. The van der Waals surface area contributed by atoms with E-state index in [9.17, 15) is 0 Å². The first-order valence-electron chi connectivity index (χ1n) is 7.65. The molecule has 18 heavy (non-hydrogen) atoms. The second kappa shape index (κ2) is 8.13. The van der Waals surface area contributed by atoms with Gasteiger partial charge in [-0.2, -0.15) is 0 Å². The molecule has 0 radical (unpaired) electrons. The lowest BCUT2D eigenvalue weighted by Crippen LogP contribution is -2.52. The van der Waals surface area contributed by atoms with Crippen molar-refractivity contribution in [3.05, 3.63) is 0 Å². The Balaban J connectivity index is 2.40. The van der Waals surface area contributed by atoms with Crippen LogP contribution in [0.2, 0.25) is 0 Å². The third-order valence-electron chi connectivity index (χ3n) is 4.43. The van der Waals surface area contributed by atoms with Crippen LogP contribution >= 0.6 is 0 Å². The second-order valence-electron chi connectivity index (χ2n) is 6.03. The van der Waals surface area contributed by atoms with Crippen molar-refractivity contribution in [2.24, 2.45) is 5.73 Å². The van der Waals surface area contributed by atoms with Crippen molar-refractivity contribution in [3.63, 3.8) is 0 Å². The van der Waals surface area contributed by atoms with Crippen LogP contribution in [-0.2, 0) is 4.74 Å². The molecule has 3 nitrogen and oxygen atoms in total. The lowest BCUT2D eigenvalue weighted by molar-refractivity contribution is -0.0213. The minimum atomic E-state index is 0.135. The molecule has 1 aliphatic rings. The number of ether oxygens (including phenoxy) is 1. The number of rotatable bonds is 8. The minimum absolute atomic E-state index is 0.135. The molecule has 0 bridgehead atoms. The van der Waals surface area contributed by atoms with Crippen LogP contribution in [0.5, 0.6) is 0 Å². The first-order chi connectivity index (χ1) is 8.62. The van der Waals surface area contributed by atoms with Gasteiger partial charge in [-0.15, -0.1) is 0 Å². The van der Waals surface area contributed by atoms with Crippen molar-refractivity contribution in [1.82, 2.24) is 4.90 Å². The fraction of sp³-hybridized carbons (Fsp3) is 1.00. The minimum Gasteiger partial charge on any atom is -0.377 e. The van der Waals surface area contributed by atoms with Crippen LogP contribution in [0.3, 0.4) is 0 Å². The van der Waals surface area contributed by atoms with Crippen molar-refractivity contribution >= 4 is 0 Å². The van der Waals surface area contributed by atoms with Gasteiger partial charge in [-0.3, -0.25) is 4.90 Å². The maximum absolute atomic E-state index is 6.01. The summed E-state index contributed by atoms with van der Waals surface area (Å²) in [6.45, 7) is 7.25. The van der Waals surface area contributed by atoms with Gasteiger partial charge in [-0.25, -0.2) is 0 Å². The van der Waals surface area contributed by atoms with E-state index in [2.05, 4.69) is 25.8 Å². The molecule has 1 heterocycles. The molecule has 1 saturated heterocycles. The van der Waals surface area contributed by atoms with E-state index in [-0.39, 0.29) is 5.54 Å². The van der Waals surface area contributed by atoms with Crippen LogP contribution < -0.4 is 5.73 Å². The maximum atomic E-state index is 6.01. The summed E-state index contributed by atoms with van der Waals surface area (Å²) in [5, 5.41) is 0. The van der Waals surface area contributed by atoms with Gasteiger partial charge in [0.05, 0.1) is 6.10 Å². The summed E-state index contributed by atoms with van der Waals surface area (Å²) in [6.07, 6.45) is 9.22. The maximum Gasteiger partial charge on any atom is 0.0702 e. The van der Waals surface area contributed by atoms with Gasteiger partial charge in [0.2, 0.25) is 0 Å². The molecule has 1 rings (SSSR count). The zero-order valence-corrected chi connectivity index (χ0v) is 12.6. The van der Waals surface area contributed by atoms with Gasteiger partial charge in [0.1, 0.15) is 0 Å². The van der Waals surface area contributed by atoms with E-state index in [1.807, 2.05) is 0 Å². The van der Waals surface area contributed by atoms with E-state index in [4.69, 9.17) is 10.5 Å². The van der Waals surface area contributed by atoms with Crippen LogP contribution in [0.25, 0.3) is 0 Å². The van der Waals surface area contributed by atoms with E-state index in [1.165, 1.54) is 44.9 Å². The number of likely N-dealkylation sites (N-methyl/N-ethyl adjacent to an activating group) is 1. The van der Waals surface area contributed by atoms with Crippen LogP contribution in [0.15, 0.2) is 0 Å². The van der Waals surface area contributed by atoms with Crippen LogP contribution in [0.1, 0.15) is 58.8 Å². The van der Waals surface area contributed by atoms with Crippen molar-refractivity contribution in [2.75, 3.05) is 26.7 Å². The molecular formula is C15H32N2O. The quantitative estimate of drug-likeness (QED) is 0.679. The Kier molecular flexibility index (Phi) is 7.20. The number of nitrogens with two attached hydrogens (primary N) is 1. The number of nitrogens with zero attached hydrogens (tertiary/aromatic N) is 1. The molecule has 3 heteroatoms. The largest absolute Gasteiger partial charge is 0.377 e. The van der Waals surface area contributed by atoms with E-state index < -0.39 is 0 Å². The summed E-state index contributed by atoms with van der Waals surface area (Å²) in [7, 11) is 2.21. The van der Waals surface area contributed by atoms with E-state index >= 15 is 0 Å². The van der Waals surface area contributed by atoms with Crippen molar-refractivity contribution in [2.45, 2.75) is 70.4 Å². The molecule has 2 unspecified atom stereocenters. The number of hydrogen-bond acceptors (Lipinski definition) is 3. The molecule has 2 atom stereocenters. The molecule has 0 aromatic heterocycles. The summed E-state index contributed by atoms with van der Waals surface area (Å²) >= 11 is 0. The molecule has 1 fully saturated rings. The molecule has 0 spiro atoms. The number of hydrogen-bond donors (Lipinski definition) is 1. The summed E-state index contributed by atoms with van der Waals surface area (Å²) < 4.78 is 5.83. The molecule has 0 aliphatic carbocycles. The second-order valence-corrected chi connectivity index (χ2v) is 6.03. The normalized spacial score (nSPS) is 24.2. The predicted octanol–water partition coefficient (Wildman–Crippen LogP) is 2.79. The zero-order chi connectivity index (χ0) is 13.4. The molecule has 0 amide bonds. The summed E-state index contributed by atoms with van der Waals surface area (Å²) in [5.74, 6) is 0. The Bertz CT molecular complexity index is 217. The highest BCUT2D eigenvalue weighted by Gasteiger charge is 2.29. The van der Waals surface area contributed by atoms with Gasteiger partial charge < -0.3 is 10.5 Å². The van der Waals surface area contributed by atoms with Gasteiger partial charge >= 0.3 is 0 Å². The SMILES string of the molecule is CCCCCC(C)(CN)N(C)CC1CCCCO1. The zero-order valence-electron chi connectivity index (χ0n) is 12.6. The Hall–Kier alpha value is -0.120. The monoisotopic (exact) mass is 256 g/mol. The Labute approximate surface area is 113 Å². The fourth-order valence-electron chi connectivity index (χ4n) is 2.68. The smallest absolute Gasteiger partial charge is 0.0702 e. The Morgan fingerprint density at radius 1 is 1.33 bits per heavy atom. The van der Waals surface area contributed by atoms with Crippen molar-refractivity contribution < 1.29 is 4.74 Å². The first kappa shape index (κ1) is 15.9.